The predicted octanol–water partition coefficient (Wildman–Crippen LogP) is 3.14. The highest BCUT2D eigenvalue weighted by atomic mass is 16.5. The third kappa shape index (κ3) is 3.54. The van der Waals surface area contributed by atoms with Gasteiger partial charge in [-0.3, -0.25) is 0 Å². The first-order chi connectivity index (χ1) is 11.9. The largest absolute Gasteiger partial charge is 0.490 e. The molecular weight excluding hydrogens is 312 g/mol. The summed E-state index contributed by atoms with van der Waals surface area (Å²) in [6.07, 6.45) is 1.46. The van der Waals surface area contributed by atoms with Crippen molar-refractivity contribution in [2.24, 2.45) is 7.05 Å². The van der Waals surface area contributed by atoms with E-state index in [1.807, 2.05) is 45.4 Å². The lowest BCUT2D eigenvalue weighted by molar-refractivity contribution is -0.645. The number of aryl methyl sites for hydroxylation is 5. The Kier molecular flexibility index (Phi) is 4.82. The molecule has 0 radical (unpaired) electrons. The molecule has 1 atom stereocenters. The van der Waals surface area contributed by atoms with Crippen molar-refractivity contribution >= 4 is 11.0 Å². The van der Waals surface area contributed by atoms with Crippen LogP contribution in [0.3, 0.4) is 0 Å². The zero-order valence-corrected chi connectivity index (χ0v) is 15.7. The number of aliphatic hydroxyl groups excluding tert-OH is 1. The van der Waals surface area contributed by atoms with E-state index in [2.05, 4.69) is 35.1 Å². The Balaban J connectivity index is 1.76. The van der Waals surface area contributed by atoms with E-state index in [0.717, 1.165) is 22.4 Å². The van der Waals surface area contributed by atoms with E-state index in [1.54, 1.807) is 0 Å². The van der Waals surface area contributed by atoms with Crippen molar-refractivity contribution < 1.29 is 14.4 Å². The monoisotopic (exact) mass is 339 g/mol. The van der Waals surface area contributed by atoms with Crippen LogP contribution in [0.4, 0.5) is 0 Å². The average molecular weight is 339 g/mol. The van der Waals surface area contributed by atoms with Gasteiger partial charge >= 0.3 is 0 Å². The van der Waals surface area contributed by atoms with Gasteiger partial charge in [0.2, 0.25) is 6.33 Å². The summed E-state index contributed by atoms with van der Waals surface area (Å²) in [7, 11) is 2.03. The average Bonchev–Trinajstić information content (AvgIpc) is 2.83. The molecule has 1 heterocycles. The van der Waals surface area contributed by atoms with Crippen LogP contribution in [0.25, 0.3) is 11.0 Å². The first-order valence-corrected chi connectivity index (χ1v) is 8.69. The summed E-state index contributed by atoms with van der Waals surface area (Å²) < 4.78 is 10.1. The molecule has 0 aliphatic carbocycles. The number of para-hydroxylation sites is 1. The van der Waals surface area contributed by atoms with Gasteiger partial charge in [-0.2, -0.15) is 0 Å². The van der Waals surface area contributed by atoms with Crippen molar-refractivity contribution in [3.8, 4) is 5.75 Å². The van der Waals surface area contributed by atoms with E-state index in [0.29, 0.717) is 6.54 Å². The zero-order chi connectivity index (χ0) is 18.1. The highest BCUT2D eigenvalue weighted by Crippen LogP contribution is 2.23. The maximum Gasteiger partial charge on any atom is 0.244 e. The van der Waals surface area contributed by atoms with Crippen LogP contribution >= 0.6 is 0 Å². The van der Waals surface area contributed by atoms with Crippen molar-refractivity contribution in [3.63, 3.8) is 0 Å². The molecule has 3 rings (SSSR count). The van der Waals surface area contributed by atoms with Gasteiger partial charge in [0.05, 0.1) is 7.05 Å². The van der Waals surface area contributed by atoms with Crippen molar-refractivity contribution in [3.05, 3.63) is 58.9 Å². The Morgan fingerprint density at radius 3 is 2.36 bits per heavy atom. The lowest BCUT2D eigenvalue weighted by Gasteiger charge is -2.14. The summed E-state index contributed by atoms with van der Waals surface area (Å²) in [5.74, 6) is 0.871. The maximum atomic E-state index is 10.5. The Hall–Kier alpha value is -2.33. The second-order valence-electron chi connectivity index (χ2n) is 6.99. The SMILES string of the molecule is Cc1cc2c(cc1C)[n+](C)cn2C[C@H](O)COc1c(C)cccc1C. The molecule has 0 aliphatic rings. The summed E-state index contributed by atoms with van der Waals surface area (Å²) in [6.45, 7) is 9.08. The van der Waals surface area contributed by atoms with Crippen molar-refractivity contribution in [2.45, 2.75) is 40.3 Å². The van der Waals surface area contributed by atoms with Crippen LogP contribution in [0.2, 0.25) is 0 Å². The number of hydrogen-bond acceptors (Lipinski definition) is 2. The number of aliphatic hydroxyl groups is 1. The van der Waals surface area contributed by atoms with Crippen LogP contribution in [0.5, 0.6) is 5.75 Å². The highest BCUT2D eigenvalue weighted by Gasteiger charge is 2.18. The van der Waals surface area contributed by atoms with Crippen molar-refractivity contribution in [1.29, 1.82) is 0 Å². The molecule has 4 nitrogen and oxygen atoms in total. The predicted molar refractivity (Wildman–Crippen MR) is 100 cm³/mol. The smallest absolute Gasteiger partial charge is 0.244 e. The van der Waals surface area contributed by atoms with E-state index in [1.165, 1.54) is 16.6 Å². The zero-order valence-electron chi connectivity index (χ0n) is 15.7. The second-order valence-corrected chi connectivity index (χ2v) is 6.99. The lowest BCUT2D eigenvalue weighted by atomic mass is 10.1. The second kappa shape index (κ2) is 6.89. The van der Waals surface area contributed by atoms with Gasteiger partial charge in [0.15, 0.2) is 11.0 Å². The van der Waals surface area contributed by atoms with E-state index < -0.39 is 6.10 Å². The minimum atomic E-state index is -0.573. The molecule has 4 heteroatoms. The van der Waals surface area contributed by atoms with Crippen molar-refractivity contribution in [2.75, 3.05) is 6.61 Å². The number of imidazole rings is 1. The molecule has 0 saturated heterocycles. The normalized spacial score (nSPS) is 12.6. The van der Waals surface area contributed by atoms with Crippen LogP contribution in [-0.4, -0.2) is 22.4 Å². The molecule has 0 bridgehead atoms. The van der Waals surface area contributed by atoms with Crippen molar-refractivity contribution in [1.82, 2.24) is 4.57 Å². The molecule has 25 heavy (non-hydrogen) atoms. The fraction of sp³-hybridized carbons (Fsp3) is 0.381. The van der Waals surface area contributed by atoms with Gasteiger partial charge in [-0.25, -0.2) is 9.13 Å². The molecule has 0 amide bonds. The van der Waals surface area contributed by atoms with Gasteiger partial charge in [0.1, 0.15) is 25.0 Å². The minimum Gasteiger partial charge on any atom is -0.490 e. The standard InChI is InChI=1S/C21H27N2O2/c1-14-7-6-8-15(2)21(14)25-12-18(24)11-23-13-22(5)19-9-16(3)17(4)10-20(19)23/h6-10,13,18,24H,11-12H2,1-5H3/q+1/t18-/m0/s1. The topological polar surface area (TPSA) is 38.3 Å². The van der Waals surface area contributed by atoms with E-state index in [9.17, 15) is 5.11 Å². The fourth-order valence-corrected chi connectivity index (χ4v) is 3.26. The summed E-state index contributed by atoms with van der Waals surface area (Å²) >= 11 is 0. The van der Waals surface area contributed by atoms with Gasteiger partial charge in [-0.15, -0.1) is 0 Å². The first kappa shape index (κ1) is 17.5. The molecular formula is C21H27N2O2+. The van der Waals surface area contributed by atoms with Gasteiger partial charge in [0, 0.05) is 0 Å². The molecule has 132 valence electrons. The molecule has 2 aromatic carbocycles. The van der Waals surface area contributed by atoms with E-state index in [4.69, 9.17) is 4.74 Å². The third-order valence-electron chi connectivity index (χ3n) is 4.83. The van der Waals surface area contributed by atoms with Gasteiger partial charge < -0.3 is 9.84 Å². The summed E-state index contributed by atoms with van der Waals surface area (Å²) in [5.41, 5.74) is 7.03. The Morgan fingerprint density at radius 1 is 1.04 bits per heavy atom. The Labute approximate surface area is 149 Å². The third-order valence-corrected chi connectivity index (χ3v) is 4.83. The lowest BCUT2D eigenvalue weighted by Crippen LogP contribution is -2.27. The van der Waals surface area contributed by atoms with E-state index >= 15 is 0 Å². The van der Waals surface area contributed by atoms with Crippen LogP contribution in [-0.2, 0) is 13.6 Å². The summed E-state index contributed by atoms with van der Waals surface area (Å²) in [6, 6.07) is 10.5. The number of hydrogen-bond donors (Lipinski definition) is 1. The quantitative estimate of drug-likeness (QED) is 0.725. The molecule has 0 saturated carbocycles. The van der Waals surface area contributed by atoms with Gasteiger partial charge in [-0.05, 0) is 62.1 Å². The van der Waals surface area contributed by atoms with E-state index in [-0.39, 0.29) is 6.61 Å². The molecule has 0 unspecified atom stereocenters. The summed E-state index contributed by atoms with van der Waals surface area (Å²) in [4.78, 5) is 0. The number of benzene rings is 2. The molecule has 0 fully saturated rings. The number of ether oxygens (including phenoxy) is 1. The van der Waals surface area contributed by atoms with Crippen LogP contribution in [0.15, 0.2) is 36.7 Å². The number of rotatable bonds is 5. The minimum absolute atomic E-state index is 0.278. The molecule has 0 aliphatic heterocycles. The number of fused-ring (bicyclic) bond motifs is 1. The Morgan fingerprint density at radius 2 is 1.68 bits per heavy atom. The molecule has 3 aromatic rings. The fourth-order valence-electron chi connectivity index (χ4n) is 3.26. The highest BCUT2D eigenvalue weighted by molar-refractivity contribution is 5.74. The van der Waals surface area contributed by atoms with Crippen LogP contribution in [0.1, 0.15) is 22.3 Å². The summed E-state index contributed by atoms with van der Waals surface area (Å²) in [5, 5.41) is 10.5. The Bertz CT molecular complexity index is 892. The number of nitrogens with zero attached hydrogens (tertiary/aromatic N) is 2. The van der Waals surface area contributed by atoms with Crippen LogP contribution < -0.4 is 9.30 Å². The van der Waals surface area contributed by atoms with Crippen LogP contribution in [0, 0.1) is 27.7 Å². The molecule has 1 aromatic heterocycles. The maximum absolute atomic E-state index is 10.5. The molecule has 0 spiro atoms. The molecule has 1 N–H and O–H groups in total. The van der Waals surface area contributed by atoms with Gasteiger partial charge in [-0.1, -0.05) is 18.2 Å². The van der Waals surface area contributed by atoms with Gasteiger partial charge in [0.25, 0.3) is 0 Å². The number of aromatic nitrogens is 2. The first-order valence-electron chi connectivity index (χ1n) is 8.69.